The molecule has 6 nitrogen and oxygen atoms in total. The standard InChI is InChI=1S/C16H10N2O4S/c19-13-7-5-10(9-12(13)18(21)22)6-8-14(20)16-17-11-3-1-2-4-15(11)23-16/h1-9,19H/b8-6+. The first-order valence-corrected chi connectivity index (χ1v) is 7.41. The van der Waals surface area contributed by atoms with Gasteiger partial charge in [0.05, 0.1) is 15.1 Å². The Labute approximate surface area is 134 Å². The Hall–Kier alpha value is -3.06. The molecule has 0 aliphatic carbocycles. The number of nitro groups is 1. The fourth-order valence-electron chi connectivity index (χ4n) is 2.01. The molecule has 2 aromatic carbocycles. The van der Waals surface area contributed by atoms with Crippen LogP contribution in [0.3, 0.4) is 0 Å². The van der Waals surface area contributed by atoms with Crippen molar-refractivity contribution in [1.29, 1.82) is 0 Å². The molecule has 3 aromatic rings. The minimum absolute atomic E-state index is 0.276. The van der Waals surface area contributed by atoms with E-state index in [0.717, 1.165) is 10.2 Å². The molecule has 0 saturated carbocycles. The van der Waals surface area contributed by atoms with Crippen LogP contribution in [-0.4, -0.2) is 20.8 Å². The second-order valence-corrected chi connectivity index (χ2v) is 5.72. The summed E-state index contributed by atoms with van der Waals surface area (Å²) in [7, 11) is 0. The zero-order valence-electron chi connectivity index (χ0n) is 11.7. The van der Waals surface area contributed by atoms with E-state index in [1.807, 2.05) is 24.3 Å². The molecule has 23 heavy (non-hydrogen) atoms. The van der Waals surface area contributed by atoms with Crippen LogP contribution in [0.15, 0.2) is 48.5 Å². The summed E-state index contributed by atoms with van der Waals surface area (Å²) in [6.45, 7) is 0. The van der Waals surface area contributed by atoms with E-state index >= 15 is 0 Å². The molecule has 0 aliphatic rings. The minimum Gasteiger partial charge on any atom is -0.502 e. The lowest BCUT2D eigenvalue weighted by molar-refractivity contribution is -0.385. The molecule has 114 valence electrons. The number of aromatic hydroxyl groups is 1. The molecule has 7 heteroatoms. The number of para-hydroxylation sites is 1. The van der Waals surface area contributed by atoms with Gasteiger partial charge in [-0.3, -0.25) is 14.9 Å². The van der Waals surface area contributed by atoms with Crippen LogP contribution in [0.4, 0.5) is 5.69 Å². The van der Waals surface area contributed by atoms with Gasteiger partial charge >= 0.3 is 5.69 Å². The molecular formula is C16H10N2O4S. The summed E-state index contributed by atoms with van der Waals surface area (Å²) in [5.74, 6) is -0.688. The van der Waals surface area contributed by atoms with Crippen LogP contribution in [0.1, 0.15) is 15.4 Å². The lowest BCUT2D eigenvalue weighted by Crippen LogP contribution is -1.92. The minimum atomic E-state index is -0.679. The van der Waals surface area contributed by atoms with Gasteiger partial charge in [-0.05, 0) is 29.8 Å². The van der Waals surface area contributed by atoms with Crippen molar-refractivity contribution < 1.29 is 14.8 Å². The van der Waals surface area contributed by atoms with Crippen molar-refractivity contribution in [3.63, 3.8) is 0 Å². The third-order valence-electron chi connectivity index (χ3n) is 3.13. The Balaban J connectivity index is 1.86. The number of aromatic nitrogens is 1. The number of nitrogens with zero attached hydrogens (tertiary/aromatic N) is 2. The third kappa shape index (κ3) is 3.09. The van der Waals surface area contributed by atoms with E-state index < -0.39 is 16.4 Å². The maximum Gasteiger partial charge on any atom is 0.311 e. The predicted molar refractivity (Wildman–Crippen MR) is 87.7 cm³/mol. The first-order chi connectivity index (χ1) is 11.0. The van der Waals surface area contributed by atoms with E-state index in [4.69, 9.17) is 0 Å². The van der Waals surface area contributed by atoms with Crippen molar-refractivity contribution in [2.24, 2.45) is 0 Å². The highest BCUT2D eigenvalue weighted by atomic mass is 32.1. The Morgan fingerprint density at radius 1 is 1.26 bits per heavy atom. The fraction of sp³-hybridized carbons (Fsp3) is 0. The average molecular weight is 326 g/mol. The molecule has 0 atom stereocenters. The number of hydrogen-bond donors (Lipinski definition) is 1. The molecule has 0 amide bonds. The van der Waals surface area contributed by atoms with Crippen molar-refractivity contribution in [3.05, 3.63) is 69.2 Å². The highest BCUT2D eigenvalue weighted by Gasteiger charge is 2.13. The molecule has 0 radical (unpaired) electrons. The van der Waals surface area contributed by atoms with Crippen molar-refractivity contribution in [2.75, 3.05) is 0 Å². The van der Waals surface area contributed by atoms with Gasteiger partial charge in [0.2, 0.25) is 5.78 Å². The Kier molecular flexibility index (Phi) is 3.86. The molecule has 0 bridgehead atoms. The number of rotatable bonds is 4. The molecule has 0 spiro atoms. The molecule has 1 aromatic heterocycles. The van der Waals surface area contributed by atoms with Crippen LogP contribution in [0.25, 0.3) is 16.3 Å². The molecule has 0 saturated heterocycles. The van der Waals surface area contributed by atoms with E-state index in [1.54, 1.807) is 0 Å². The van der Waals surface area contributed by atoms with Gasteiger partial charge in [0.1, 0.15) is 0 Å². The van der Waals surface area contributed by atoms with Gasteiger partial charge in [0.25, 0.3) is 0 Å². The van der Waals surface area contributed by atoms with E-state index in [2.05, 4.69) is 4.98 Å². The molecule has 3 rings (SSSR count). The number of allylic oxidation sites excluding steroid dienone is 1. The normalized spacial score (nSPS) is 11.1. The van der Waals surface area contributed by atoms with E-state index in [9.17, 15) is 20.0 Å². The lowest BCUT2D eigenvalue weighted by atomic mass is 10.1. The number of nitro benzene ring substituents is 1. The van der Waals surface area contributed by atoms with Crippen molar-refractivity contribution in [3.8, 4) is 5.75 Å². The second-order valence-electron chi connectivity index (χ2n) is 4.69. The highest BCUT2D eigenvalue weighted by Crippen LogP contribution is 2.27. The number of carbonyl (C=O) groups excluding carboxylic acids is 1. The first-order valence-electron chi connectivity index (χ1n) is 6.60. The summed E-state index contributed by atoms with van der Waals surface area (Å²) in [4.78, 5) is 26.5. The zero-order chi connectivity index (χ0) is 16.4. The molecule has 0 fully saturated rings. The van der Waals surface area contributed by atoms with Gasteiger partial charge in [0.15, 0.2) is 10.8 Å². The van der Waals surface area contributed by atoms with E-state index in [0.29, 0.717) is 10.6 Å². The van der Waals surface area contributed by atoms with Crippen molar-refractivity contribution in [1.82, 2.24) is 4.98 Å². The van der Waals surface area contributed by atoms with Crippen LogP contribution < -0.4 is 0 Å². The summed E-state index contributed by atoms with van der Waals surface area (Å²) in [6.07, 6.45) is 2.77. The maximum atomic E-state index is 12.2. The average Bonchev–Trinajstić information content (AvgIpc) is 2.97. The number of phenolic OH excluding ortho intramolecular Hbond substituents is 1. The SMILES string of the molecule is O=C(/C=C/c1ccc(O)c([N+](=O)[O-])c1)c1nc2ccccc2s1. The number of fused-ring (bicyclic) bond motifs is 1. The number of hydrogen-bond acceptors (Lipinski definition) is 6. The number of benzene rings is 2. The van der Waals surface area contributed by atoms with Gasteiger partial charge in [-0.15, -0.1) is 11.3 Å². The Morgan fingerprint density at radius 3 is 2.78 bits per heavy atom. The van der Waals surface area contributed by atoms with Gasteiger partial charge in [-0.25, -0.2) is 4.98 Å². The molecule has 1 N–H and O–H groups in total. The number of phenols is 1. The lowest BCUT2D eigenvalue weighted by Gasteiger charge is -1.97. The maximum absolute atomic E-state index is 12.2. The number of thiazole rings is 1. The van der Waals surface area contributed by atoms with Crippen LogP contribution in [0.2, 0.25) is 0 Å². The van der Waals surface area contributed by atoms with E-state index in [1.165, 1.54) is 41.7 Å². The van der Waals surface area contributed by atoms with Gasteiger partial charge in [-0.1, -0.05) is 24.3 Å². The van der Waals surface area contributed by atoms with Crippen LogP contribution in [0.5, 0.6) is 5.75 Å². The van der Waals surface area contributed by atoms with Crippen LogP contribution in [-0.2, 0) is 0 Å². The zero-order valence-corrected chi connectivity index (χ0v) is 12.5. The number of ketones is 1. The quantitative estimate of drug-likeness (QED) is 0.340. The summed E-state index contributed by atoms with van der Waals surface area (Å²) < 4.78 is 0.921. The fourth-order valence-corrected chi connectivity index (χ4v) is 2.90. The van der Waals surface area contributed by atoms with Crippen molar-refractivity contribution >= 4 is 39.1 Å². The first kappa shape index (κ1) is 14.9. The second kappa shape index (κ2) is 5.98. The Morgan fingerprint density at radius 2 is 2.04 bits per heavy atom. The van der Waals surface area contributed by atoms with Crippen LogP contribution in [0, 0.1) is 10.1 Å². The largest absolute Gasteiger partial charge is 0.502 e. The summed E-state index contributed by atoms with van der Waals surface area (Å²) >= 11 is 1.29. The summed E-state index contributed by atoms with van der Waals surface area (Å²) in [5, 5.41) is 20.5. The smallest absolute Gasteiger partial charge is 0.311 e. The van der Waals surface area contributed by atoms with Crippen LogP contribution >= 0.6 is 11.3 Å². The van der Waals surface area contributed by atoms with Gasteiger partial charge < -0.3 is 5.11 Å². The molecular weight excluding hydrogens is 316 g/mol. The molecule has 1 heterocycles. The summed E-state index contributed by atoms with van der Waals surface area (Å²) in [5.41, 5.74) is 0.804. The molecule has 0 unspecified atom stereocenters. The third-order valence-corrected chi connectivity index (χ3v) is 4.18. The summed E-state index contributed by atoms with van der Waals surface area (Å²) in [6, 6.07) is 11.4. The monoisotopic (exact) mass is 326 g/mol. The Bertz CT molecular complexity index is 913. The van der Waals surface area contributed by atoms with Gasteiger partial charge in [-0.2, -0.15) is 0 Å². The number of carbonyl (C=O) groups is 1. The topological polar surface area (TPSA) is 93.3 Å². The molecule has 0 aliphatic heterocycles. The van der Waals surface area contributed by atoms with Gasteiger partial charge in [0, 0.05) is 6.07 Å². The van der Waals surface area contributed by atoms with Crippen molar-refractivity contribution in [2.45, 2.75) is 0 Å². The highest BCUT2D eigenvalue weighted by molar-refractivity contribution is 7.20. The predicted octanol–water partition coefficient (Wildman–Crippen LogP) is 3.81. The van der Waals surface area contributed by atoms with E-state index in [-0.39, 0.29) is 5.78 Å².